The van der Waals surface area contributed by atoms with Crippen LogP contribution in [0.5, 0.6) is 5.75 Å². The molecule has 0 radical (unpaired) electrons. The minimum atomic E-state index is -1.02. The molecule has 0 aliphatic heterocycles. The Hall–Kier alpha value is -2.10. The number of pyridine rings is 1. The third-order valence-corrected chi connectivity index (χ3v) is 2.50. The second kappa shape index (κ2) is 3.81. The first kappa shape index (κ1) is 10.4. The van der Waals surface area contributed by atoms with Crippen LogP contribution in [0.2, 0.25) is 0 Å². The van der Waals surface area contributed by atoms with Gasteiger partial charge in [-0.15, -0.1) is 0 Å². The number of nitrogens with zero attached hydrogens (tertiary/aromatic N) is 1. The number of ether oxygens (including phenoxy) is 1. The van der Waals surface area contributed by atoms with Crippen molar-refractivity contribution in [1.29, 1.82) is 0 Å². The van der Waals surface area contributed by atoms with Gasteiger partial charge in [0, 0.05) is 10.9 Å². The maximum Gasteiger partial charge on any atom is 0.354 e. The van der Waals surface area contributed by atoms with E-state index in [1.807, 2.05) is 19.1 Å². The lowest BCUT2D eigenvalue weighted by molar-refractivity contribution is 0.0691. The van der Waals surface area contributed by atoms with E-state index >= 15 is 0 Å². The highest BCUT2D eigenvalue weighted by Gasteiger charge is 2.09. The molecule has 16 heavy (non-hydrogen) atoms. The monoisotopic (exact) mass is 217 g/mol. The number of carboxylic acid groups (broad SMARTS) is 1. The van der Waals surface area contributed by atoms with Crippen molar-refractivity contribution < 1.29 is 14.6 Å². The number of aromatic nitrogens is 1. The first-order chi connectivity index (χ1) is 7.63. The SMILES string of the molecule is COc1ccc2ccc(C(=O)O)nc2c1C. The van der Waals surface area contributed by atoms with Crippen LogP contribution >= 0.6 is 0 Å². The summed E-state index contributed by atoms with van der Waals surface area (Å²) in [6.07, 6.45) is 0. The molecule has 0 spiro atoms. The molecule has 1 aromatic heterocycles. The smallest absolute Gasteiger partial charge is 0.354 e. The largest absolute Gasteiger partial charge is 0.496 e. The molecule has 0 aliphatic carbocycles. The summed E-state index contributed by atoms with van der Waals surface area (Å²) < 4.78 is 5.17. The van der Waals surface area contributed by atoms with Crippen LogP contribution in [0.4, 0.5) is 0 Å². The summed E-state index contributed by atoms with van der Waals surface area (Å²) in [5.74, 6) is -0.313. The van der Waals surface area contributed by atoms with Crippen molar-refractivity contribution in [2.45, 2.75) is 6.92 Å². The third kappa shape index (κ3) is 1.58. The molecule has 1 N–H and O–H groups in total. The summed E-state index contributed by atoms with van der Waals surface area (Å²) in [6, 6.07) is 6.95. The molecule has 2 rings (SSSR count). The Morgan fingerprint density at radius 3 is 2.62 bits per heavy atom. The molecule has 0 amide bonds. The first-order valence-electron chi connectivity index (χ1n) is 4.81. The van der Waals surface area contributed by atoms with Gasteiger partial charge in [0.15, 0.2) is 0 Å². The van der Waals surface area contributed by atoms with Crippen LogP contribution in [-0.4, -0.2) is 23.2 Å². The van der Waals surface area contributed by atoms with E-state index in [0.29, 0.717) is 11.3 Å². The van der Waals surface area contributed by atoms with Gasteiger partial charge in [-0.2, -0.15) is 0 Å². The van der Waals surface area contributed by atoms with Crippen LogP contribution in [0, 0.1) is 6.92 Å². The number of hydrogen-bond donors (Lipinski definition) is 1. The average Bonchev–Trinajstić information content (AvgIpc) is 2.29. The van der Waals surface area contributed by atoms with E-state index in [0.717, 1.165) is 10.9 Å². The maximum atomic E-state index is 10.8. The number of carboxylic acids is 1. The second-order valence-corrected chi connectivity index (χ2v) is 3.47. The van der Waals surface area contributed by atoms with E-state index in [4.69, 9.17) is 9.84 Å². The van der Waals surface area contributed by atoms with Crippen LogP contribution in [0.15, 0.2) is 24.3 Å². The summed E-state index contributed by atoms with van der Waals surface area (Å²) in [5, 5.41) is 9.77. The van der Waals surface area contributed by atoms with Crippen LogP contribution in [-0.2, 0) is 0 Å². The van der Waals surface area contributed by atoms with Crippen LogP contribution < -0.4 is 4.74 Å². The van der Waals surface area contributed by atoms with Crippen molar-refractivity contribution in [3.05, 3.63) is 35.5 Å². The fourth-order valence-electron chi connectivity index (χ4n) is 1.65. The van der Waals surface area contributed by atoms with Gasteiger partial charge < -0.3 is 9.84 Å². The molecule has 2 aromatic rings. The number of benzene rings is 1. The van der Waals surface area contributed by atoms with Gasteiger partial charge in [0.1, 0.15) is 11.4 Å². The molecule has 0 saturated heterocycles. The molecule has 1 heterocycles. The number of methoxy groups -OCH3 is 1. The van der Waals surface area contributed by atoms with Gasteiger partial charge in [-0.3, -0.25) is 0 Å². The van der Waals surface area contributed by atoms with Crippen molar-refractivity contribution in [2.75, 3.05) is 7.11 Å². The summed E-state index contributed by atoms with van der Waals surface area (Å²) in [7, 11) is 1.58. The zero-order valence-electron chi connectivity index (χ0n) is 9.02. The van der Waals surface area contributed by atoms with Gasteiger partial charge in [0.05, 0.1) is 12.6 Å². The topological polar surface area (TPSA) is 59.4 Å². The zero-order valence-corrected chi connectivity index (χ0v) is 9.02. The minimum Gasteiger partial charge on any atom is -0.496 e. The normalized spacial score (nSPS) is 10.4. The van der Waals surface area contributed by atoms with Crippen molar-refractivity contribution in [2.24, 2.45) is 0 Å². The number of aromatic carboxylic acids is 1. The van der Waals surface area contributed by atoms with Crippen molar-refractivity contribution in [3.8, 4) is 5.75 Å². The minimum absolute atomic E-state index is 0.0452. The van der Waals surface area contributed by atoms with Crippen LogP contribution in [0.25, 0.3) is 10.9 Å². The average molecular weight is 217 g/mol. The van der Waals surface area contributed by atoms with Gasteiger partial charge in [-0.1, -0.05) is 6.07 Å². The molecule has 82 valence electrons. The lowest BCUT2D eigenvalue weighted by Crippen LogP contribution is -2.01. The highest BCUT2D eigenvalue weighted by Crippen LogP contribution is 2.25. The number of aryl methyl sites for hydroxylation is 1. The summed E-state index contributed by atoms with van der Waals surface area (Å²) in [6.45, 7) is 1.86. The van der Waals surface area contributed by atoms with Gasteiger partial charge >= 0.3 is 5.97 Å². The van der Waals surface area contributed by atoms with Crippen molar-refractivity contribution >= 4 is 16.9 Å². The van der Waals surface area contributed by atoms with Gasteiger partial charge in [-0.25, -0.2) is 9.78 Å². The maximum absolute atomic E-state index is 10.8. The molecule has 0 atom stereocenters. The standard InChI is InChI=1S/C12H11NO3/c1-7-10(16-2)6-4-8-3-5-9(12(14)15)13-11(7)8/h3-6H,1-2H3,(H,14,15). The van der Waals surface area contributed by atoms with Crippen molar-refractivity contribution in [3.63, 3.8) is 0 Å². The molecule has 0 aliphatic rings. The molecular formula is C12H11NO3. The van der Waals surface area contributed by atoms with Crippen LogP contribution in [0.1, 0.15) is 16.1 Å². The predicted octanol–water partition coefficient (Wildman–Crippen LogP) is 2.25. The Labute approximate surface area is 92.5 Å². The number of fused-ring (bicyclic) bond motifs is 1. The second-order valence-electron chi connectivity index (χ2n) is 3.47. The Morgan fingerprint density at radius 1 is 1.31 bits per heavy atom. The molecule has 0 fully saturated rings. The molecule has 0 saturated carbocycles. The van der Waals surface area contributed by atoms with E-state index < -0.39 is 5.97 Å². The molecule has 1 aromatic carbocycles. The Balaban J connectivity index is 2.74. The highest BCUT2D eigenvalue weighted by atomic mass is 16.5. The predicted molar refractivity (Wildman–Crippen MR) is 60.0 cm³/mol. The van der Waals surface area contributed by atoms with Gasteiger partial charge in [0.25, 0.3) is 0 Å². The molecule has 0 unspecified atom stereocenters. The third-order valence-electron chi connectivity index (χ3n) is 2.50. The summed E-state index contributed by atoms with van der Waals surface area (Å²) >= 11 is 0. The molecular weight excluding hydrogens is 206 g/mol. The summed E-state index contributed by atoms with van der Waals surface area (Å²) in [4.78, 5) is 14.9. The van der Waals surface area contributed by atoms with E-state index in [9.17, 15) is 4.79 Å². The molecule has 4 nitrogen and oxygen atoms in total. The fraction of sp³-hybridized carbons (Fsp3) is 0.167. The fourth-order valence-corrected chi connectivity index (χ4v) is 1.65. The van der Waals surface area contributed by atoms with E-state index in [2.05, 4.69) is 4.98 Å². The number of rotatable bonds is 2. The molecule has 0 bridgehead atoms. The Morgan fingerprint density at radius 2 is 2.00 bits per heavy atom. The molecule has 4 heteroatoms. The zero-order chi connectivity index (χ0) is 11.7. The van der Waals surface area contributed by atoms with Crippen molar-refractivity contribution in [1.82, 2.24) is 4.98 Å². The summed E-state index contributed by atoms with van der Waals surface area (Å²) in [5.41, 5.74) is 1.56. The quantitative estimate of drug-likeness (QED) is 0.838. The lowest BCUT2D eigenvalue weighted by Gasteiger charge is -2.07. The van der Waals surface area contributed by atoms with Gasteiger partial charge in [-0.05, 0) is 25.1 Å². The van der Waals surface area contributed by atoms with E-state index in [1.54, 1.807) is 13.2 Å². The highest BCUT2D eigenvalue weighted by molar-refractivity contribution is 5.91. The number of carbonyl (C=O) groups is 1. The Bertz CT molecular complexity index is 563. The first-order valence-corrected chi connectivity index (χ1v) is 4.81. The van der Waals surface area contributed by atoms with E-state index in [1.165, 1.54) is 6.07 Å². The number of hydrogen-bond acceptors (Lipinski definition) is 3. The van der Waals surface area contributed by atoms with Gasteiger partial charge in [0.2, 0.25) is 0 Å². The Kier molecular flexibility index (Phi) is 2.48. The van der Waals surface area contributed by atoms with E-state index in [-0.39, 0.29) is 5.69 Å². The van der Waals surface area contributed by atoms with Crippen LogP contribution in [0.3, 0.4) is 0 Å². The lowest BCUT2D eigenvalue weighted by atomic mass is 10.1.